The molecular formula is C35H24O6. The van der Waals surface area contributed by atoms with Crippen molar-refractivity contribution < 1.29 is 28.6 Å². The van der Waals surface area contributed by atoms with Crippen LogP contribution in [0.2, 0.25) is 0 Å². The summed E-state index contributed by atoms with van der Waals surface area (Å²) in [4.78, 5) is 34.8. The molecule has 6 nitrogen and oxygen atoms in total. The first-order valence-corrected chi connectivity index (χ1v) is 12.4. The van der Waals surface area contributed by atoms with Gasteiger partial charge in [-0.15, -0.1) is 0 Å². The molecule has 0 spiro atoms. The molecule has 0 aromatic heterocycles. The van der Waals surface area contributed by atoms with Gasteiger partial charge in [-0.1, -0.05) is 68.0 Å². The van der Waals surface area contributed by atoms with Crippen molar-refractivity contribution in [1.29, 1.82) is 0 Å². The summed E-state index contributed by atoms with van der Waals surface area (Å²) >= 11 is 0. The number of hydrogen-bond donors (Lipinski definition) is 0. The predicted molar refractivity (Wildman–Crippen MR) is 157 cm³/mol. The van der Waals surface area contributed by atoms with E-state index in [9.17, 15) is 14.4 Å². The van der Waals surface area contributed by atoms with Crippen LogP contribution in [-0.2, 0) is 14.4 Å². The third kappa shape index (κ3) is 7.56. The summed E-state index contributed by atoms with van der Waals surface area (Å²) in [5.41, 5.74) is 4.78. The predicted octanol–water partition coefficient (Wildman–Crippen LogP) is 6.69. The van der Waals surface area contributed by atoms with E-state index in [2.05, 4.69) is 31.6 Å². The monoisotopic (exact) mass is 540 g/mol. The van der Waals surface area contributed by atoms with Crippen LogP contribution in [0.15, 0.2) is 129 Å². The van der Waals surface area contributed by atoms with Crippen LogP contribution >= 0.6 is 0 Å². The first-order valence-electron chi connectivity index (χ1n) is 12.4. The van der Waals surface area contributed by atoms with E-state index in [0.29, 0.717) is 28.4 Å². The van der Waals surface area contributed by atoms with Gasteiger partial charge in [-0.25, -0.2) is 14.4 Å². The van der Waals surface area contributed by atoms with Crippen molar-refractivity contribution in [3.05, 3.63) is 140 Å². The van der Waals surface area contributed by atoms with Gasteiger partial charge in [0.1, 0.15) is 17.2 Å². The van der Waals surface area contributed by atoms with Crippen molar-refractivity contribution in [1.82, 2.24) is 0 Å². The van der Waals surface area contributed by atoms with Crippen LogP contribution in [0.5, 0.6) is 17.2 Å². The zero-order valence-electron chi connectivity index (χ0n) is 22.0. The zero-order chi connectivity index (χ0) is 29.2. The lowest BCUT2D eigenvalue weighted by molar-refractivity contribution is -0.129. The average Bonchev–Trinajstić information content (AvgIpc) is 3.01. The third-order valence-corrected chi connectivity index (χ3v) is 5.72. The van der Waals surface area contributed by atoms with Crippen LogP contribution in [0.4, 0.5) is 0 Å². The minimum atomic E-state index is -0.601. The molecule has 0 atom stereocenters. The van der Waals surface area contributed by atoms with E-state index < -0.39 is 17.9 Å². The second-order valence-electron chi connectivity index (χ2n) is 8.46. The fourth-order valence-electron chi connectivity index (χ4n) is 3.70. The van der Waals surface area contributed by atoms with Crippen molar-refractivity contribution in [3.8, 4) is 51.3 Å². The Kier molecular flexibility index (Phi) is 9.06. The molecule has 0 amide bonds. The van der Waals surface area contributed by atoms with Gasteiger partial charge in [-0.05, 0) is 71.3 Å². The number of benzene rings is 4. The SMILES string of the molecule is C=CC(=O)Oc1ccc(-c2ccc(C#Cc3ccc(-c4ccc(OC(=O)C=C)cc4)c(OC(=O)C=C)c3)cc2)cc1. The molecule has 6 heteroatoms. The summed E-state index contributed by atoms with van der Waals surface area (Å²) in [5, 5.41) is 0. The Labute approximate surface area is 237 Å². The maximum Gasteiger partial charge on any atom is 0.335 e. The lowest BCUT2D eigenvalue weighted by Crippen LogP contribution is -2.05. The van der Waals surface area contributed by atoms with Crippen molar-refractivity contribution in [2.24, 2.45) is 0 Å². The quantitative estimate of drug-likeness (QED) is 0.107. The molecule has 0 radical (unpaired) electrons. The fourth-order valence-corrected chi connectivity index (χ4v) is 3.70. The van der Waals surface area contributed by atoms with Gasteiger partial charge >= 0.3 is 17.9 Å². The van der Waals surface area contributed by atoms with Crippen molar-refractivity contribution in [3.63, 3.8) is 0 Å². The maximum atomic E-state index is 12.0. The highest BCUT2D eigenvalue weighted by Gasteiger charge is 2.11. The number of hydrogen-bond acceptors (Lipinski definition) is 6. The first-order chi connectivity index (χ1) is 19.9. The van der Waals surface area contributed by atoms with E-state index in [0.717, 1.165) is 40.5 Å². The van der Waals surface area contributed by atoms with Crippen molar-refractivity contribution >= 4 is 17.9 Å². The summed E-state index contributed by atoms with van der Waals surface area (Å²) in [6, 6.07) is 27.0. The van der Waals surface area contributed by atoms with Crippen LogP contribution in [0, 0.1) is 11.8 Å². The molecule has 4 aromatic carbocycles. The van der Waals surface area contributed by atoms with Crippen LogP contribution in [0.25, 0.3) is 22.3 Å². The van der Waals surface area contributed by atoms with Gasteiger partial charge in [0.2, 0.25) is 0 Å². The Morgan fingerprint density at radius 2 is 0.927 bits per heavy atom. The Hall–Kier alpha value is -5.93. The zero-order valence-corrected chi connectivity index (χ0v) is 22.0. The van der Waals surface area contributed by atoms with E-state index in [-0.39, 0.29) is 0 Å². The molecule has 0 unspecified atom stereocenters. The molecule has 4 aromatic rings. The first kappa shape index (κ1) is 28.1. The van der Waals surface area contributed by atoms with E-state index in [4.69, 9.17) is 14.2 Å². The molecule has 0 aliphatic carbocycles. The molecule has 41 heavy (non-hydrogen) atoms. The molecule has 200 valence electrons. The Bertz CT molecular complexity index is 1680. The summed E-state index contributed by atoms with van der Waals surface area (Å²) in [6.07, 6.45) is 3.28. The minimum Gasteiger partial charge on any atom is -0.423 e. The Balaban J connectivity index is 1.54. The number of esters is 3. The van der Waals surface area contributed by atoms with E-state index in [1.54, 1.807) is 48.5 Å². The molecule has 0 aliphatic heterocycles. The molecule has 0 bridgehead atoms. The summed E-state index contributed by atoms with van der Waals surface area (Å²) in [7, 11) is 0. The van der Waals surface area contributed by atoms with Crippen molar-refractivity contribution in [2.45, 2.75) is 0 Å². The Morgan fingerprint density at radius 1 is 0.512 bits per heavy atom. The van der Waals surface area contributed by atoms with Gasteiger partial charge < -0.3 is 14.2 Å². The fraction of sp³-hybridized carbons (Fsp3) is 0. The maximum absolute atomic E-state index is 12.0. The highest BCUT2D eigenvalue weighted by Crippen LogP contribution is 2.32. The molecule has 0 saturated heterocycles. The standard InChI is InChI=1S/C35H24O6/c1-4-33(36)39-29-18-14-27(15-19-29)26-12-9-24(10-13-26)7-8-25-11-22-31(32(23-25)41-35(38)6-3)28-16-20-30(21-17-28)40-34(37)5-2/h4-6,9-23H,1-3H2. The highest BCUT2D eigenvalue weighted by molar-refractivity contribution is 5.86. The molecule has 4 rings (SSSR count). The summed E-state index contributed by atoms with van der Waals surface area (Å²) < 4.78 is 15.7. The minimum absolute atomic E-state index is 0.315. The third-order valence-electron chi connectivity index (χ3n) is 5.72. The van der Waals surface area contributed by atoms with Gasteiger partial charge in [-0.2, -0.15) is 0 Å². The molecule has 0 heterocycles. The molecule has 0 fully saturated rings. The van der Waals surface area contributed by atoms with Crippen LogP contribution < -0.4 is 14.2 Å². The van der Waals surface area contributed by atoms with Gasteiger partial charge in [-0.3, -0.25) is 0 Å². The van der Waals surface area contributed by atoms with Gasteiger partial charge in [0.25, 0.3) is 0 Å². The topological polar surface area (TPSA) is 78.9 Å². The number of rotatable bonds is 8. The van der Waals surface area contributed by atoms with Crippen LogP contribution in [0.1, 0.15) is 11.1 Å². The lowest BCUT2D eigenvalue weighted by Gasteiger charge is -2.11. The van der Waals surface area contributed by atoms with Gasteiger partial charge in [0, 0.05) is 34.9 Å². The second kappa shape index (κ2) is 13.2. The molecule has 0 N–H and O–H groups in total. The van der Waals surface area contributed by atoms with Gasteiger partial charge in [0.05, 0.1) is 0 Å². The summed E-state index contributed by atoms with van der Waals surface area (Å²) in [5.74, 6) is 5.69. The van der Waals surface area contributed by atoms with Gasteiger partial charge in [0.15, 0.2) is 0 Å². The second-order valence-corrected chi connectivity index (χ2v) is 8.46. The molecule has 0 aliphatic rings. The normalized spacial score (nSPS) is 9.85. The molecule has 0 saturated carbocycles. The number of carbonyl (C=O) groups is 3. The number of ether oxygens (including phenoxy) is 3. The van der Waals surface area contributed by atoms with E-state index in [1.807, 2.05) is 42.5 Å². The Morgan fingerprint density at radius 3 is 1.44 bits per heavy atom. The van der Waals surface area contributed by atoms with E-state index in [1.165, 1.54) is 0 Å². The van der Waals surface area contributed by atoms with E-state index >= 15 is 0 Å². The average molecular weight is 541 g/mol. The van der Waals surface area contributed by atoms with Crippen LogP contribution in [0.3, 0.4) is 0 Å². The lowest BCUT2D eigenvalue weighted by atomic mass is 10.0. The highest BCUT2D eigenvalue weighted by atomic mass is 16.5. The smallest absolute Gasteiger partial charge is 0.335 e. The molecular weight excluding hydrogens is 516 g/mol. The summed E-state index contributed by atoms with van der Waals surface area (Å²) in [6.45, 7) is 10.2. The van der Waals surface area contributed by atoms with Crippen molar-refractivity contribution in [2.75, 3.05) is 0 Å². The number of carbonyl (C=O) groups excluding carboxylic acids is 3. The largest absolute Gasteiger partial charge is 0.423 e. The van der Waals surface area contributed by atoms with Crippen LogP contribution in [-0.4, -0.2) is 17.9 Å².